The molecule has 0 amide bonds. The summed E-state index contributed by atoms with van der Waals surface area (Å²) in [4.78, 5) is 2.38. The van der Waals surface area contributed by atoms with Crippen LogP contribution >= 0.6 is 0 Å². The van der Waals surface area contributed by atoms with Crippen molar-refractivity contribution in [2.45, 2.75) is 0 Å². The minimum Gasteiger partial charge on any atom is -0.310 e. The molecule has 11 aromatic carbocycles. The Hall–Kier alpha value is -7.22. The lowest BCUT2D eigenvalue weighted by molar-refractivity contribution is 1.30. The van der Waals surface area contributed by atoms with E-state index in [-0.39, 0.29) is 0 Å². The van der Waals surface area contributed by atoms with E-state index in [4.69, 9.17) is 0 Å². The van der Waals surface area contributed by atoms with E-state index in [9.17, 15) is 0 Å². The number of rotatable bonds is 5. The van der Waals surface area contributed by atoms with Crippen molar-refractivity contribution >= 4 is 81.7 Å². The molecule has 0 N–H and O–H groups in total. The van der Waals surface area contributed by atoms with Gasteiger partial charge in [-0.2, -0.15) is 0 Å². The van der Waals surface area contributed by atoms with E-state index < -0.39 is 0 Å². The first kappa shape index (κ1) is 31.3. The first-order valence-electron chi connectivity index (χ1n) is 19.0. The van der Waals surface area contributed by atoms with Crippen LogP contribution in [0.15, 0.2) is 212 Å². The summed E-state index contributed by atoms with van der Waals surface area (Å²) in [7, 11) is 0. The fraction of sp³-hybridized carbons (Fsp3) is 0. The van der Waals surface area contributed by atoms with Gasteiger partial charge in [0.2, 0.25) is 0 Å². The number of nitrogens with zero attached hydrogens (tertiary/aromatic N) is 1. The molecule has 0 heterocycles. The van der Waals surface area contributed by atoms with Gasteiger partial charge in [-0.3, -0.25) is 0 Å². The summed E-state index contributed by atoms with van der Waals surface area (Å²) in [5.74, 6) is 0. The Kier molecular flexibility index (Phi) is 7.25. The molecule has 0 fully saturated rings. The van der Waals surface area contributed by atoms with Crippen molar-refractivity contribution in [1.82, 2.24) is 0 Å². The van der Waals surface area contributed by atoms with Gasteiger partial charge in [0.1, 0.15) is 0 Å². The Bertz CT molecular complexity index is 3260. The number of anilines is 3. The largest absolute Gasteiger partial charge is 0.310 e. The van der Waals surface area contributed by atoms with E-state index in [1.165, 1.54) is 92.6 Å². The topological polar surface area (TPSA) is 3.24 Å². The Morgan fingerprint density at radius 1 is 0.255 bits per heavy atom. The van der Waals surface area contributed by atoms with Crippen LogP contribution in [0, 0.1) is 0 Å². The molecule has 0 aliphatic carbocycles. The molecule has 0 aromatic heterocycles. The van der Waals surface area contributed by atoms with Gasteiger partial charge in [0.25, 0.3) is 0 Å². The molecular formula is C54H35N. The highest BCUT2D eigenvalue weighted by atomic mass is 15.1. The molecular weight excluding hydrogens is 663 g/mol. The number of benzene rings is 11. The maximum Gasteiger partial charge on any atom is 0.0540 e. The summed E-state index contributed by atoms with van der Waals surface area (Å²) in [6.07, 6.45) is 0. The number of hydrogen-bond donors (Lipinski definition) is 0. The summed E-state index contributed by atoms with van der Waals surface area (Å²) < 4.78 is 0. The fourth-order valence-corrected chi connectivity index (χ4v) is 8.85. The second kappa shape index (κ2) is 12.7. The van der Waals surface area contributed by atoms with Gasteiger partial charge in [0.05, 0.1) is 5.69 Å². The van der Waals surface area contributed by atoms with E-state index in [1.807, 2.05) is 0 Å². The lowest BCUT2D eigenvalue weighted by atomic mass is 9.86. The van der Waals surface area contributed by atoms with Crippen molar-refractivity contribution in [3.8, 4) is 22.3 Å². The second-order valence-electron chi connectivity index (χ2n) is 14.5. The van der Waals surface area contributed by atoms with Gasteiger partial charge < -0.3 is 4.90 Å². The zero-order valence-electron chi connectivity index (χ0n) is 30.2. The molecule has 1 nitrogen and oxygen atoms in total. The van der Waals surface area contributed by atoms with Gasteiger partial charge in [-0.25, -0.2) is 0 Å². The van der Waals surface area contributed by atoms with Gasteiger partial charge in [-0.15, -0.1) is 0 Å². The molecule has 55 heavy (non-hydrogen) atoms. The predicted molar refractivity (Wildman–Crippen MR) is 237 cm³/mol. The van der Waals surface area contributed by atoms with Crippen LogP contribution in [0.3, 0.4) is 0 Å². The summed E-state index contributed by atoms with van der Waals surface area (Å²) in [6.45, 7) is 0. The molecule has 0 unspecified atom stereocenters. The molecule has 0 aliphatic rings. The third kappa shape index (κ3) is 5.16. The van der Waals surface area contributed by atoms with Crippen molar-refractivity contribution < 1.29 is 0 Å². The van der Waals surface area contributed by atoms with Crippen LogP contribution in [0.5, 0.6) is 0 Å². The third-order valence-corrected chi connectivity index (χ3v) is 11.4. The fourth-order valence-electron chi connectivity index (χ4n) is 8.85. The highest BCUT2D eigenvalue weighted by Gasteiger charge is 2.18. The van der Waals surface area contributed by atoms with E-state index in [2.05, 4.69) is 217 Å². The van der Waals surface area contributed by atoms with Crippen molar-refractivity contribution in [1.29, 1.82) is 0 Å². The Balaban J connectivity index is 1.10. The molecule has 0 aliphatic heterocycles. The average Bonchev–Trinajstić information content (AvgIpc) is 3.26. The van der Waals surface area contributed by atoms with Crippen LogP contribution < -0.4 is 4.90 Å². The maximum absolute atomic E-state index is 2.42. The molecule has 1 heteroatoms. The predicted octanol–water partition coefficient (Wildman–Crippen LogP) is 15.4. The Labute approximate surface area is 320 Å². The first-order valence-corrected chi connectivity index (χ1v) is 19.0. The zero-order valence-corrected chi connectivity index (χ0v) is 30.2. The first-order chi connectivity index (χ1) is 27.3. The highest BCUT2D eigenvalue weighted by molar-refractivity contribution is 6.26. The van der Waals surface area contributed by atoms with Crippen LogP contribution in [-0.2, 0) is 0 Å². The zero-order chi connectivity index (χ0) is 36.3. The van der Waals surface area contributed by atoms with Crippen molar-refractivity contribution in [2.75, 3.05) is 4.90 Å². The van der Waals surface area contributed by atoms with Crippen molar-refractivity contribution in [3.63, 3.8) is 0 Å². The Morgan fingerprint density at radius 3 is 1.56 bits per heavy atom. The highest BCUT2D eigenvalue weighted by Crippen LogP contribution is 2.44. The molecule has 0 bridgehead atoms. The minimum atomic E-state index is 1.13. The lowest BCUT2D eigenvalue weighted by Gasteiger charge is -2.27. The lowest BCUT2D eigenvalue weighted by Crippen LogP contribution is -2.10. The quantitative estimate of drug-likeness (QED) is 0.162. The van der Waals surface area contributed by atoms with Gasteiger partial charge in [0.15, 0.2) is 0 Å². The second-order valence-corrected chi connectivity index (χ2v) is 14.5. The van der Waals surface area contributed by atoms with E-state index in [0.717, 1.165) is 11.4 Å². The van der Waals surface area contributed by atoms with Crippen LogP contribution in [0.25, 0.3) is 86.9 Å². The number of hydrogen-bond acceptors (Lipinski definition) is 1. The summed E-state index contributed by atoms with van der Waals surface area (Å²) in [5.41, 5.74) is 8.42. The van der Waals surface area contributed by atoms with Gasteiger partial charge in [-0.1, -0.05) is 164 Å². The SMILES string of the molecule is c1ccc(N(c2ccc3cc(-c4cc5cc(-c6cccc7ccccc67)c6ccccc6c5c5ccccc45)ccc3c2)c2cccc3ccccc23)cc1. The summed E-state index contributed by atoms with van der Waals surface area (Å²) in [6, 6.07) is 77.8. The van der Waals surface area contributed by atoms with Gasteiger partial charge >= 0.3 is 0 Å². The van der Waals surface area contributed by atoms with Crippen LogP contribution in [0.2, 0.25) is 0 Å². The van der Waals surface area contributed by atoms with Crippen LogP contribution in [0.4, 0.5) is 17.1 Å². The molecule has 256 valence electrons. The van der Waals surface area contributed by atoms with Crippen LogP contribution in [0.1, 0.15) is 0 Å². The van der Waals surface area contributed by atoms with Crippen molar-refractivity contribution in [2.24, 2.45) is 0 Å². The average molecular weight is 698 g/mol. The standard InChI is InChI=1S/C54H35N/c1-2-18-42(19-3-1)55(53-27-13-17-37-15-5-7-21-45(37)53)43-31-30-38-32-40(29-28-39(38)33-43)51-34-41-35-52(46-26-12-16-36-14-4-6-20-44(36)46)48-23-9-11-25-50(48)54(41)49-24-10-8-22-47(49)51/h1-35H. The van der Waals surface area contributed by atoms with Gasteiger partial charge in [0, 0.05) is 16.8 Å². The minimum absolute atomic E-state index is 1.13. The number of fused-ring (bicyclic) bond motifs is 8. The van der Waals surface area contributed by atoms with Crippen molar-refractivity contribution in [3.05, 3.63) is 212 Å². The molecule has 0 radical (unpaired) electrons. The molecule has 11 rings (SSSR count). The monoisotopic (exact) mass is 697 g/mol. The van der Waals surface area contributed by atoms with Gasteiger partial charge in [-0.05, 0) is 130 Å². The summed E-state index contributed by atoms with van der Waals surface area (Å²) in [5, 5.41) is 15.1. The van der Waals surface area contributed by atoms with Crippen LogP contribution in [-0.4, -0.2) is 0 Å². The smallest absolute Gasteiger partial charge is 0.0540 e. The molecule has 0 spiro atoms. The van der Waals surface area contributed by atoms with E-state index >= 15 is 0 Å². The van der Waals surface area contributed by atoms with E-state index in [1.54, 1.807) is 0 Å². The molecule has 0 saturated carbocycles. The summed E-state index contributed by atoms with van der Waals surface area (Å²) >= 11 is 0. The molecule has 11 aromatic rings. The maximum atomic E-state index is 2.42. The number of para-hydroxylation sites is 1. The normalized spacial score (nSPS) is 11.6. The molecule has 0 saturated heterocycles. The third-order valence-electron chi connectivity index (χ3n) is 11.4. The van der Waals surface area contributed by atoms with E-state index in [0.29, 0.717) is 0 Å². The Morgan fingerprint density at radius 2 is 0.800 bits per heavy atom. The molecule has 0 atom stereocenters.